The van der Waals surface area contributed by atoms with E-state index in [0.717, 1.165) is 17.0 Å². The molecule has 0 spiro atoms. The molecule has 1 fully saturated rings. The Labute approximate surface area is 144 Å². The Kier molecular flexibility index (Phi) is 4.76. The van der Waals surface area contributed by atoms with Crippen molar-refractivity contribution in [2.45, 2.75) is 5.37 Å². The third kappa shape index (κ3) is 3.10. The third-order valence-corrected chi connectivity index (χ3v) is 5.05. The molecule has 1 aliphatic heterocycles. The van der Waals surface area contributed by atoms with Crippen molar-refractivity contribution < 1.29 is 19.1 Å². The van der Waals surface area contributed by atoms with E-state index in [1.54, 1.807) is 35.9 Å². The first kappa shape index (κ1) is 16.4. The number of ether oxygens (including phenoxy) is 2. The molecule has 0 saturated carbocycles. The fourth-order valence-corrected chi connectivity index (χ4v) is 3.77. The second-order valence-corrected chi connectivity index (χ2v) is 6.31. The first-order valence-corrected chi connectivity index (χ1v) is 8.45. The van der Waals surface area contributed by atoms with Crippen LogP contribution in [0.15, 0.2) is 48.5 Å². The Balaban J connectivity index is 1.88. The predicted molar refractivity (Wildman–Crippen MR) is 93.5 cm³/mol. The molecular weight excluding hydrogens is 326 g/mol. The van der Waals surface area contributed by atoms with Crippen molar-refractivity contribution in [2.75, 3.05) is 24.9 Å². The van der Waals surface area contributed by atoms with Gasteiger partial charge in [0.15, 0.2) is 0 Å². The zero-order valence-corrected chi connectivity index (χ0v) is 14.2. The Morgan fingerprint density at radius 1 is 1.08 bits per heavy atom. The maximum atomic E-state index is 12.3. The van der Waals surface area contributed by atoms with E-state index in [1.807, 2.05) is 36.4 Å². The van der Waals surface area contributed by atoms with Crippen LogP contribution in [0.4, 0.5) is 5.69 Å². The standard InChI is InChI=1S/C18H17NO4S/c1-22-15-9-7-14(8-10-15)19-16(20)11-24-17(19)12-3-5-13(6-4-12)18(21)23-2/h3-10,17H,11H2,1-2H3/t17-/m1/s1. The van der Waals surface area contributed by atoms with Gasteiger partial charge in [0.05, 0.1) is 25.5 Å². The molecule has 2 aromatic carbocycles. The highest BCUT2D eigenvalue weighted by Crippen LogP contribution is 2.42. The zero-order chi connectivity index (χ0) is 17.1. The number of anilines is 1. The van der Waals surface area contributed by atoms with Crippen molar-refractivity contribution in [3.8, 4) is 5.75 Å². The second kappa shape index (κ2) is 6.97. The fraction of sp³-hybridized carbons (Fsp3) is 0.222. The molecular formula is C18H17NO4S. The van der Waals surface area contributed by atoms with E-state index in [1.165, 1.54) is 7.11 Å². The molecule has 0 unspecified atom stereocenters. The number of nitrogens with zero attached hydrogens (tertiary/aromatic N) is 1. The lowest BCUT2D eigenvalue weighted by atomic mass is 10.1. The number of carbonyl (C=O) groups excluding carboxylic acids is 2. The summed E-state index contributed by atoms with van der Waals surface area (Å²) in [5, 5.41) is -0.113. The van der Waals surface area contributed by atoms with Gasteiger partial charge < -0.3 is 9.47 Å². The van der Waals surface area contributed by atoms with Gasteiger partial charge in [-0.1, -0.05) is 12.1 Å². The molecule has 0 bridgehead atoms. The molecule has 0 radical (unpaired) electrons. The van der Waals surface area contributed by atoms with Crippen molar-refractivity contribution in [1.82, 2.24) is 0 Å². The number of carbonyl (C=O) groups is 2. The quantitative estimate of drug-likeness (QED) is 0.798. The SMILES string of the molecule is COC(=O)c1ccc([C@H]2SCC(=O)N2c2ccc(OC)cc2)cc1. The number of hydrogen-bond donors (Lipinski definition) is 0. The fourth-order valence-electron chi connectivity index (χ4n) is 2.59. The van der Waals surface area contributed by atoms with E-state index in [-0.39, 0.29) is 17.3 Å². The van der Waals surface area contributed by atoms with Gasteiger partial charge in [-0.2, -0.15) is 0 Å². The Morgan fingerprint density at radius 3 is 2.33 bits per heavy atom. The minimum Gasteiger partial charge on any atom is -0.497 e. The van der Waals surface area contributed by atoms with Gasteiger partial charge in [0.2, 0.25) is 5.91 Å². The van der Waals surface area contributed by atoms with Crippen LogP contribution in [0.25, 0.3) is 0 Å². The van der Waals surface area contributed by atoms with E-state index in [9.17, 15) is 9.59 Å². The highest BCUT2D eigenvalue weighted by atomic mass is 32.2. The molecule has 5 nitrogen and oxygen atoms in total. The minimum absolute atomic E-state index is 0.0622. The lowest BCUT2D eigenvalue weighted by Crippen LogP contribution is -2.27. The lowest BCUT2D eigenvalue weighted by molar-refractivity contribution is -0.115. The summed E-state index contributed by atoms with van der Waals surface area (Å²) in [5.74, 6) is 0.864. The van der Waals surface area contributed by atoms with E-state index in [4.69, 9.17) is 9.47 Å². The van der Waals surface area contributed by atoms with Gasteiger partial charge in [0.1, 0.15) is 11.1 Å². The highest BCUT2D eigenvalue weighted by molar-refractivity contribution is 8.00. The number of thioether (sulfide) groups is 1. The summed E-state index contributed by atoms with van der Waals surface area (Å²) in [5.41, 5.74) is 2.29. The molecule has 1 amide bonds. The first-order valence-electron chi connectivity index (χ1n) is 7.40. The molecule has 1 heterocycles. The Bertz CT molecular complexity index is 743. The van der Waals surface area contributed by atoms with E-state index in [0.29, 0.717) is 11.3 Å². The summed E-state index contributed by atoms with van der Waals surface area (Å²) >= 11 is 1.57. The van der Waals surface area contributed by atoms with Crippen LogP contribution in [0.2, 0.25) is 0 Å². The maximum absolute atomic E-state index is 12.3. The van der Waals surface area contributed by atoms with Crippen molar-refractivity contribution in [1.29, 1.82) is 0 Å². The van der Waals surface area contributed by atoms with E-state index < -0.39 is 0 Å². The van der Waals surface area contributed by atoms with Gasteiger partial charge >= 0.3 is 5.97 Å². The number of esters is 1. The van der Waals surface area contributed by atoms with Crippen LogP contribution >= 0.6 is 11.8 Å². The molecule has 3 rings (SSSR count). The summed E-state index contributed by atoms with van der Waals surface area (Å²) in [4.78, 5) is 25.6. The molecule has 1 saturated heterocycles. The molecule has 6 heteroatoms. The molecule has 0 N–H and O–H groups in total. The zero-order valence-electron chi connectivity index (χ0n) is 13.4. The smallest absolute Gasteiger partial charge is 0.337 e. The molecule has 2 aromatic rings. The van der Waals surface area contributed by atoms with Gasteiger partial charge in [-0.25, -0.2) is 4.79 Å². The summed E-state index contributed by atoms with van der Waals surface area (Å²) in [6.45, 7) is 0. The normalized spacial score (nSPS) is 17.0. The molecule has 0 aliphatic carbocycles. The van der Waals surface area contributed by atoms with Crippen LogP contribution in [-0.2, 0) is 9.53 Å². The third-order valence-electron chi connectivity index (χ3n) is 3.84. The van der Waals surface area contributed by atoms with E-state index >= 15 is 0 Å². The molecule has 0 aromatic heterocycles. The van der Waals surface area contributed by atoms with Crippen LogP contribution in [0.1, 0.15) is 21.3 Å². The lowest BCUT2D eigenvalue weighted by Gasteiger charge is -2.24. The van der Waals surface area contributed by atoms with Crippen LogP contribution in [-0.4, -0.2) is 31.8 Å². The number of hydrogen-bond acceptors (Lipinski definition) is 5. The molecule has 1 atom stereocenters. The molecule has 24 heavy (non-hydrogen) atoms. The number of rotatable bonds is 4. The number of amides is 1. The van der Waals surface area contributed by atoms with Gasteiger partial charge in [-0.15, -0.1) is 11.8 Å². The Morgan fingerprint density at radius 2 is 1.75 bits per heavy atom. The largest absolute Gasteiger partial charge is 0.497 e. The van der Waals surface area contributed by atoms with Gasteiger partial charge in [-0.3, -0.25) is 9.69 Å². The average molecular weight is 343 g/mol. The number of methoxy groups -OCH3 is 2. The molecule has 124 valence electrons. The monoisotopic (exact) mass is 343 g/mol. The molecule has 1 aliphatic rings. The summed E-state index contributed by atoms with van der Waals surface area (Å²) in [7, 11) is 2.96. The highest BCUT2D eigenvalue weighted by Gasteiger charge is 2.34. The average Bonchev–Trinajstić information content (AvgIpc) is 3.02. The van der Waals surface area contributed by atoms with Crippen molar-refractivity contribution >= 4 is 29.3 Å². The first-order chi connectivity index (χ1) is 11.6. The van der Waals surface area contributed by atoms with Crippen LogP contribution in [0.5, 0.6) is 5.75 Å². The van der Waals surface area contributed by atoms with Gasteiger partial charge in [0, 0.05) is 5.69 Å². The van der Waals surface area contributed by atoms with Crippen LogP contribution < -0.4 is 9.64 Å². The summed E-state index contributed by atoms with van der Waals surface area (Å²) < 4.78 is 9.87. The predicted octanol–water partition coefficient (Wildman–Crippen LogP) is 3.26. The summed E-state index contributed by atoms with van der Waals surface area (Å²) in [6, 6.07) is 14.6. The Hall–Kier alpha value is -2.47. The number of benzene rings is 2. The van der Waals surface area contributed by atoms with Crippen LogP contribution in [0.3, 0.4) is 0 Å². The second-order valence-electron chi connectivity index (χ2n) is 5.24. The van der Waals surface area contributed by atoms with Crippen LogP contribution in [0, 0.1) is 0 Å². The van der Waals surface area contributed by atoms with Crippen molar-refractivity contribution in [3.05, 3.63) is 59.7 Å². The minimum atomic E-state index is -0.372. The topological polar surface area (TPSA) is 55.8 Å². The van der Waals surface area contributed by atoms with Gasteiger partial charge in [0.25, 0.3) is 0 Å². The maximum Gasteiger partial charge on any atom is 0.337 e. The van der Waals surface area contributed by atoms with Crippen molar-refractivity contribution in [3.63, 3.8) is 0 Å². The van der Waals surface area contributed by atoms with Gasteiger partial charge in [-0.05, 0) is 42.0 Å². The van der Waals surface area contributed by atoms with E-state index in [2.05, 4.69) is 0 Å². The summed E-state index contributed by atoms with van der Waals surface area (Å²) in [6.07, 6.45) is 0. The van der Waals surface area contributed by atoms with Crippen molar-refractivity contribution in [2.24, 2.45) is 0 Å².